The molecule has 0 heterocycles. The molecule has 1 rings (SSSR count). The van der Waals surface area contributed by atoms with Gasteiger partial charge in [-0.1, -0.05) is 25.7 Å². The molecule has 0 bridgehead atoms. The minimum absolute atomic E-state index is 0.838. The first-order valence-corrected chi connectivity index (χ1v) is 5.72. The van der Waals surface area contributed by atoms with Crippen LogP contribution in [0.25, 0.3) is 0 Å². The molecule has 78 valence electrons. The number of hydrogen-bond donors (Lipinski definition) is 1. The quantitative estimate of drug-likeness (QED) is 0.614. The fourth-order valence-corrected chi connectivity index (χ4v) is 2.02. The predicted octanol–water partition coefficient (Wildman–Crippen LogP) is 2.19. The third-order valence-electron chi connectivity index (χ3n) is 2.83. The molecule has 0 aromatic carbocycles. The van der Waals surface area contributed by atoms with Gasteiger partial charge in [-0.3, -0.25) is 0 Å². The van der Waals surface area contributed by atoms with E-state index < -0.39 is 0 Å². The third-order valence-corrected chi connectivity index (χ3v) is 2.83. The van der Waals surface area contributed by atoms with Gasteiger partial charge in [0.1, 0.15) is 0 Å². The summed E-state index contributed by atoms with van der Waals surface area (Å²) >= 11 is 0. The molecule has 1 aliphatic carbocycles. The summed E-state index contributed by atoms with van der Waals surface area (Å²) < 4.78 is 5.24. The van der Waals surface area contributed by atoms with Crippen LogP contribution in [0.3, 0.4) is 0 Å². The van der Waals surface area contributed by atoms with Crippen molar-refractivity contribution in [2.75, 3.05) is 26.3 Å². The maximum absolute atomic E-state index is 5.24. The van der Waals surface area contributed by atoms with Gasteiger partial charge in [0, 0.05) is 13.2 Å². The Hall–Kier alpha value is -0.0800. The average molecular weight is 185 g/mol. The van der Waals surface area contributed by atoms with E-state index in [0.29, 0.717) is 0 Å². The van der Waals surface area contributed by atoms with Gasteiger partial charge in [-0.2, -0.15) is 0 Å². The fraction of sp³-hybridized carbons (Fsp3) is 1.00. The highest BCUT2D eigenvalue weighted by molar-refractivity contribution is 4.67. The van der Waals surface area contributed by atoms with E-state index in [1.54, 1.807) is 0 Å². The average Bonchev–Trinajstić information content (AvgIpc) is 2.63. The van der Waals surface area contributed by atoms with Gasteiger partial charge in [0.2, 0.25) is 0 Å². The Bertz CT molecular complexity index is 111. The van der Waals surface area contributed by atoms with Crippen molar-refractivity contribution >= 4 is 0 Å². The monoisotopic (exact) mass is 185 g/mol. The van der Waals surface area contributed by atoms with Gasteiger partial charge in [-0.05, 0) is 25.8 Å². The van der Waals surface area contributed by atoms with Crippen LogP contribution in [0, 0.1) is 5.92 Å². The zero-order chi connectivity index (χ0) is 9.36. The second-order valence-corrected chi connectivity index (χ2v) is 3.89. The molecule has 0 aliphatic heterocycles. The van der Waals surface area contributed by atoms with Crippen molar-refractivity contribution in [3.8, 4) is 0 Å². The number of hydrogen-bond acceptors (Lipinski definition) is 2. The van der Waals surface area contributed by atoms with Gasteiger partial charge < -0.3 is 10.1 Å². The van der Waals surface area contributed by atoms with E-state index >= 15 is 0 Å². The van der Waals surface area contributed by atoms with Gasteiger partial charge >= 0.3 is 0 Å². The first-order chi connectivity index (χ1) is 6.43. The molecular weight excluding hydrogens is 162 g/mol. The topological polar surface area (TPSA) is 21.3 Å². The first kappa shape index (κ1) is 11.0. The minimum atomic E-state index is 0.838. The normalized spacial score (nSPS) is 18.2. The molecule has 0 spiro atoms. The summed E-state index contributed by atoms with van der Waals surface area (Å²) in [5.41, 5.74) is 0. The molecule has 0 radical (unpaired) electrons. The third kappa shape index (κ3) is 5.27. The molecule has 0 unspecified atom stereocenters. The minimum Gasteiger partial charge on any atom is -0.380 e. The molecule has 0 amide bonds. The molecule has 0 saturated heterocycles. The van der Waals surface area contributed by atoms with Crippen molar-refractivity contribution < 1.29 is 4.74 Å². The van der Waals surface area contributed by atoms with Gasteiger partial charge in [-0.15, -0.1) is 0 Å². The highest BCUT2D eigenvalue weighted by Crippen LogP contribution is 2.26. The van der Waals surface area contributed by atoms with Crippen molar-refractivity contribution in [3.05, 3.63) is 0 Å². The Morgan fingerprint density at radius 3 is 2.69 bits per heavy atom. The van der Waals surface area contributed by atoms with E-state index in [4.69, 9.17) is 4.74 Å². The van der Waals surface area contributed by atoms with Crippen LogP contribution in [0.15, 0.2) is 0 Å². The van der Waals surface area contributed by atoms with Gasteiger partial charge in [0.25, 0.3) is 0 Å². The number of nitrogens with one attached hydrogen (secondary N) is 1. The molecule has 0 atom stereocenters. The van der Waals surface area contributed by atoms with E-state index in [2.05, 4.69) is 5.32 Å². The Balaban J connectivity index is 1.78. The summed E-state index contributed by atoms with van der Waals surface area (Å²) in [6.07, 6.45) is 7.22. The van der Waals surface area contributed by atoms with Crippen molar-refractivity contribution in [1.82, 2.24) is 5.32 Å². The Morgan fingerprint density at radius 1 is 1.23 bits per heavy atom. The number of ether oxygens (including phenoxy) is 1. The lowest BCUT2D eigenvalue weighted by atomic mass is 10.0. The molecule has 1 aliphatic rings. The lowest BCUT2D eigenvalue weighted by Crippen LogP contribution is -2.22. The number of rotatable bonds is 7. The smallest absolute Gasteiger partial charge is 0.0590 e. The lowest BCUT2D eigenvalue weighted by molar-refractivity contribution is 0.149. The maximum Gasteiger partial charge on any atom is 0.0590 e. The van der Waals surface area contributed by atoms with Crippen molar-refractivity contribution in [1.29, 1.82) is 0 Å². The molecule has 1 saturated carbocycles. The largest absolute Gasteiger partial charge is 0.380 e. The molecule has 0 aromatic rings. The van der Waals surface area contributed by atoms with E-state index in [-0.39, 0.29) is 0 Å². The van der Waals surface area contributed by atoms with Crippen LogP contribution in [-0.2, 0) is 4.74 Å². The molecule has 2 nitrogen and oxygen atoms in total. The summed E-state index contributed by atoms with van der Waals surface area (Å²) in [5, 5.41) is 3.42. The highest BCUT2D eigenvalue weighted by atomic mass is 16.5. The molecule has 1 fully saturated rings. The standard InChI is InChI=1S/C11H23NO/c1-2-13-10-9-12-8-7-11-5-3-4-6-11/h11-12H,2-10H2,1H3. The summed E-state index contributed by atoms with van der Waals surface area (Å²) in [7, 11) is 0. The van der Waals surface area contributed by atoms with Crippen LogP contribution in [-0.4, -0.2) is 26.3 Å². The Labute approximate surface area is 82.0 Å². The zero-order valence-electron chi connectivity index (χ0n) is 8.85. The SMILES string of the molecule is CCOCCNCCC1CCCC1. The van der Waals surface area contributed by atoms with Gasteiger partial charge in [0.15, 0.2) is 0 Å². The van der Waals surface area contributed by atoms with Crippen molar-refractivity contribution in [2.24, 2.45) is 5.92 Å². The first-order valence-electron chi connectivity index (χ1n) is 5.72. The summed E-state index contributed by atoms with van der Waals surface area (Å²) in [6, 6.07) is 0. The second-order valence-electron chi connectivity index (χ2n) is 3.89. The summed E-state index contributed by atoms with van der Waals surface area (Å²) in [5.74, 6) is 1.01. The molecule has 13 heavy (non-hydrogen) atoms. The van der Waals surface area contributed by atoms with Crippen molar-refractivity contribution in [3.63, 3.8) is 0 Å². The maximum atomic E-state index is 5.24. The van der Waals surface area contributed by atoms with E-state index in [1.807, 2.05) is 6.92 Å². The molecular formula is C11H23NO. The molecule has 2 heteroatoms. The van der Waals surface area contributed by atoms with Gasteiger partial charge in [-0.25, -0.2) is 0 Å². The van der Waals surface area contributed by atoms with Crippen LogP contribution < -0.4 is 5.32 Å². The fourth-order valence-electron chi connectivity index (χ4n) is 2.02. The van der Waals surface area contributed by atoms with E-state index in [1.165, 1.54) is 38.6 Å². The van der Waals surface area contributed by atoms with Crippen LogP contribution in [0.5, 0.6) is 0 Å². The van der Waals surface area contributed by atoms with Gasteiger partial charge in [0.05, 0.1) is 6.61 Å². The van der Waals surface area contributed by atoms with Crippen LogP contribution >= 0.6 is 0 Å². The molecule has 1 N–H and O–H groups in total. The summed E-state index contributed by atoms with van der Waals surface area (Å²) in [4.78, 5) is 0. The van der Waals surface area contributed by atoms with E-state index in [0.717, 1.165) is 25.7 Å². The Kier molecular flexibility index (Phi) is 6.21. The zero-order valence-corrected chi connectivity index (χ0v) is 8.85. The van der Waals surface area contributed by atoms with Crippen LogP contribution in [0.4, 0.5) is 0 Å². The van der Waals surface area contributed by atoms with Crippen LogP contribution in [0.1, 0.15) is 39.0 Å². The molecule has 0 aromatic heterocycles. The second kappa shape index (κ2) is 7.34. The Morgan fingerprint density at radius 2 is 2.00 bits per heavy atom. The van der Waals surface area contributed by atoms with Crippen LogP contribution in [0.2, 0.25) is 0 Å². The van der Waals surface area contributed by atoms with E-state index in [9.17, 15) is 0 Å². The highest BCUT2D eigenvalue weighted by Gasteiger charge is 2.13. The van der Waals surface area contributed by atoms with Crippen molar-refractivity contribution in [2.45, 2.75) is 39.0 Å². The predicted molar refractivity (Wildman–Crippen MR) is 55.9 cm³/mol. The summed E-state index contributed by atoms with van der Waals surface area (Å²) in [6.45, 7) is 5.93. The lowest BCUT2D eigenvalue weighted by Gasteiger charge is -2.09.